The Morgan fingerprint density at radius 2 is 1.79 bits per heavy atom. The monoisotopic (exact) mass is 581 g/mol. The smallest absolute Gasteiger partial charge is 0.408 e. The van der Waals surface area contributed by atoms with Gasteiger partial charge in [0.25, 0.3) is 5.91 Å². The summed E-state index contributed by atoms with van der Waals surface area (Å²) in [6.07, 6.45) is 1.48. The van der Waals surface area contributed by atoms with Crippen molar-refractivity contribution in [1.82, 2.24) is 26.1 Å². The second kappa shape index (κ2) is 13.8. The van der Waals surface area contributed by atoms with Crippen LogP contribution in [0, 0.1) is 5.92 Å². The summed E-state index contributed by atoms with van der Waals surface area (Å²) < 4.78 is 11.0. The maximum Gasteiger partial charge on any atom is 0.408 e. The molecule has 0 radical (unpaired) electrons. The van der Waals surface area contributed by atoms with Crippen LogP contribution < -0.4 is 16.1 Å². The Kier molecular flexibility index (Phi) is 10.7. The second-order valence-corrected chi connectivity index (χ2v) is 11.9. The minimum atomic E-state index is -0.914. The maximum atomic E-state index is 13.2. The molecule has 1 aromatic carbocycles. The number of carbonyl (C=O) groups excluding carboxylic acids is 4. The van der Waals surface area contributed by atoms with Gasteiger partial charge in [0.05, 0.1) is 11.2 Å². The Labute approximate surface area is 247 Å². The average Bonchev–Trinajstić information content (AvgIpc) is 2.93. The molecule has 3 amide bonds. The predicted octanol–water partition coefficient (Wildman–Crippen LogP) is 4.03. The van der Waals surface area contributed by atoms with E-state index >= 15 is 0 Å². The first-order valence-electron chi connectivity index (χ1n) is 14.3. The predicted molar refractivity (Wildman–Crippen MR) is 160 cm³/mol. The van der Waals surface area contributed by atoms with Crippen molar-refractivity contribution in [3.8, 4) is 0 Å². The number of benzene rings is 1. The number of alkyl carbamates (subject to hydrolysis) is 1. The van der Waals surface area contributed by atoms with Gasteiger partial charge in [-0.1, -0.05) is 44.7 Å². The van der Waals surface area contributed by atoms with Gasteiger partial charge in [0, 0.05) is 11.9 Å². The fourth-order valence-electron chi connectivity index (χ4n) is 4.50. The highest BCUT2D eigenvalue weighted by atomic mass is 16.6. The van der Waals surface area contributed by atoms with Gasteiger partial charge in [0.2, 0.25) is 5.91 Å². The molecule has 0 saturated carbocycles. The Balaban J connectivity index is 1.58. The number of nitrogens with one attached hydrogen (secondary N) is 3. The molecule has 3 N–H and O–H groups in total. The van der Waals surface area contributed by atoms with E-state index in [1.807, 2.05) is 30.3 Å². The molecule has 0 bridgehead atoms. The molecule has 1 fully saturated rings. The molecular formula is C31H43N5O6. The minimum absolute atomic E-state index is 0.254. The van der Waals surface area contributed by atoms with Gasteiger partial charge < -0.3 is 20.1 Å². The third-order valence-corrected chi connectivity index (χ3v) is 6.77. The number of rotatable bonds is 9. The molecular weight excluding hydrogens is 538 g/mol. The van der Waals surface area contributed by atoms with Crippen molar-refractivity contribution >= 4 is 40.9 Å². The molecule has 228 valence electrons. The fourth-order valence-corrected chi connectivity index (χ4v) is 4.50. The van der Waals surface area contributed by atoms with Gasteiger partial charge in [-0.05, 0) is 71.1 Å². The van der Waals surface area contributed by atoms with Crippen molar-refractivity contribution < 1.29 is 28.7 Å². The average molecular weight is 582 g/mol. The number of hydrogen-bond acceptors (Lipinski definition) is 8. The number of aromatic nitrogens is 1. The van der Waals surface area contributed by atoms with Crippen LogP contribution in [0.25, 0.3) is 17.0 Å². The van der Waals surface area contributed by atoms with E-state index in [4.69, 9.17) is 9.47 Å². The van der Waals surface area contributed by atoms with Crippen molar-refractivity contribution in [3.63, 3.8) is 0 Å². The van der Waals surface area contributed by atoms with Crippen molar-refractivity contribution in [1.29, 1.82) is 0 Å². The van der Waals surface area contributed by atoms with Crippen LogP contribution in [0.5, 0.6) is 0 Å². The molecule has 2 aromatic rings. The lowest BCUT2D eigenvalue weighted by atomic mass is 10.0. The van der Waals surface area contributed by atoms with E-state index in [2.05, 4.69) is 27.6 Å². The summed E-state index contributed by atoms with van der Waals surface area (Å²) in [6.45, 7) is 16.2. The first-order valence-corrected chi connectivity index (χ1v) is 14.3. The van der Waals surface area contributed by atoms with Gasteiger partial charge in [0.1, 0.15) is 29.8 Å². The third kappa shape index (κ3) is 8.75. The summed E-state index contributed by atoms with van der Waals surface area (Å²) >= 11 is 0. The molecule has 0 aliphatic carbocycles. The number of ether oxygens (including phenoxy) is 2. The quantitative estimate of drug-likeness (QED) is 0.377. The molecule has 11 nitrogen and oxygen atoms in total. The Hall–Kier alpha value is -3.99. The lowest BCUT2D eigenvalue weighted by molar-refractivity contribution is -0.157. The highest BCUT2D eigenvalue weighted by Gasteiger charge is 2.34. The van der Waals surface area contributed by atoms with Crippen LogP contribution in [0.15, 0.2) is 36.9 Å². The first kappa shape index (κ1) is 32.5. The topological polar surface area (TPSA) is 139 Å². The Morgan fingerprint density at radius 3 is 2.43 bits per heavy atom. The summed E-state index contributed by atoms with van der Waals surface area (Å²) in [5, 5.41) is 7.56. The van der Waals surface area contributed by atoms with E-state index < -0.39 is 53.7 Å². The molecule has 11 heteroatoms. The Bertz CT molecular complexity index is 1320. The molecule has 1 aliphatic rings. The van der Waals surface area contributed by atoms with Crippen LogP contribution >= 0.6 is 0 Å². The largest absolute Gasteiger partial charge is 0.455 e. The molecule has 0 unspecified atom stereocenters. The lowest BCUT2D eigenvalue weighted by Crippen LogP contribution is -2.61. The molecule has 2 heterocycles. The van der Waals surface area contributed by atoms with Crippen LogP contribution in [0.2, 0.25) is 0 Å². The summed E-state index contributed by atoms with van der Waals surface area (Å²) in [5.41, 5.74) is 4.56. The number of hydrogen-bond donors (Lipinski definition) is 3. The normalized spacial score (nSPS) is 17.6. The summed E-state index contributed by atoms with van der Waals surface area (Å²) in [7, 11) is 0. The van der Waals surface area contributed by atoms with E-state index in [9.17, 15) is 19.2 Å². The number of nitrogens with zero attached hydrogens (tertiary/aromatic N) is 2. The lowest BCUT2D eigenvalue weighted by Gasteiger charge is -2.35. The van der Waals surface area contributed by atoms with Crippen molar-refractivity contribution in [3.05, 3.63) is 48.2 Å². The number of pyridine rings is 1. The third-order valence-electron chi connectivity index (χ3n) is 6.77. The second-order valence-electron chi connectivity index (χ2n) is 11.9. The highest BCUT2D eigenvalue weighted by Crippen LogP contribution is 2.22. The molecule has 1 aromatic heterocycles. The van der Waals surface area contributed by atoms with Crippen LogP contribution in [0.1, 0.15) is 78.7 Å². The van der Waals surface area contributed by atoms with Gasteiger partial charge in [-0.25, -0.2) is 15.2 Å². The van der Waals surface area contributed by atoms with E-state index in [0.717, 1.165) is 16.5 Å². The first-order chi connectivity index (χ1) is 19.7. The summed E-state index contributed by atoms with van der Waals surface area (Å²) in [6, 6.07) is 7.03. The molecule has 42 heavy (non-hydrogen) atoms. The zero-order chi connectivity index (χ0) is 31.2. The molecule has 1 aliphatic heterocycles. The van der Waals surface area contributed by atoms with E-state index in [1.165, 1.54) is 5.01 Å². The van der Waals surface area contributed by atoms with E-state index in [-0.39, 0.29) is 5.92 Å². The van der Waals surface area contributed by atoms with Gasteiger partial charge in [0.15, 0.2) is 0 Å². The van der Waals surface area contributed by atoms with Gasteiger partial charge in [-0.3, -0.25) is 19.4 Å². The standard InChI is InChI=1S/C31H43N5O6/c1-9-21-12-13-22-14-15-23(33-25(22)17-21)20(5)41-29(39)24-11-10-16-36(35-24)28(38)19(4)32-27(37)26(18(2)3)34-30(40)42-31(6,7)8/h9,12-15,17-20,24,26,35H,1,10-11,16H2,2-8H3,(H,32,37)(H,34,40)/t19-,20+,24-,26-/m0/s1. The molecule has 1 saturated heterocycles. The van der Waals surface area contributed by atoms with E-state index in [0.29, 0.717) is 25.1 Å². The fraction of sp³-hybridized carbons (Fsp3) is 0.516. The molecule has 4 atom stereocenters. The van der Waals surface area contributed by atoms with Crippen LogP contribution in [0.3, 0.4) is 0 Å². The highest BCUT2D eigenvalue weighted by molar-refractivity contribution is 5.91. The summed E-state index contributed by atoms with van der Waals surface area (Å²) in [4.78, 5) is 56.1. The summed E-state index contributed by atoms with van der Waals surface area (Å²) in [5.74, 6) is -1.68. The number of carbonyl (C=O) groups is 4. The van der Waals surface area contributed by atoms with Crippen LogP contribution in [-0.4, -0.2) is 64.1 Å². The molecule has 0 spiro atoms. The number of fused-ring (bicyclic) bond motifs is 1. The van der Waals surface area contributed by atoms with Crippen molar-refractivity contribution in [2.24, 2.45) is 5.92 Å². The van der Waals surface area contributed by atoms with Crippen molar-refractivity contribution in [2.45, 2.75) is 91.1 Å². The number of amides is 3. The van der Waals surface area contributed by atoms with E-state index in [1.54, 1.807) is 54.5 Å². The number of esters is 1. The van der Waals surface area contributed by atoms with Gasteiger partial charge >= 0.3 is 12.1 Å². The van der Waals surface area contributed by atoms with Crippen molar-refractivity contribution in [2.75, 3.05) is 6.54 Å². The SMILES string of the molecule is C=Cc1ccc2ccc([C@@H](C)OC(=O)[C@@H]3CCCN(C(=O)[C@H](C)NC(=O)[C@@H](NC(=O)OC(C)(C)C)C(C)C)N3)nc2c1. The zero-order valence-corrected chi connectivity index (χ0v) is 25.5. The van der Waals surface area contributed by atoms with Gasteiger partial charge in [-0.15, -0.1) is 0 Å². The number of hydrazine groups is 1. The minimum Gasteiger partial charge on any atom is -0.455 e. The van der Waals surface area contributed by atoms with Crippen LogP contribution in [-0.2, 0) is 23.9 Å². The zero-order valence-electron chi connectivity index (χ0n) is 25.5. The van der Waals surface area contributed by atoms with Gasteiger partial charge in [-0.2, -0.15) is 0 Å². The molecule has 3 rings (SSSR count). The Morgan fingerprint density at radius 1 is 1.10 bits per heavy atom. The van der Waals surface area contributed by atoms with Crippen LogP contribution in [0.4, 0.5) is 4.79 Å². The maximum absolute atomic E-state index is 13.2.